The second kappa shape index (κ2) is 7.63. The van der Waals surface area contributed by atoms with Crippen LogP contribution < -0.4 is 0 Å². The first-order chi connectivity index (χ1) is 7.52. The number of hydrogen-bond donors (Lipinski definition) is 0. The summed E-state index contributed by atoms with van der Waals surface area (Å²) >= 11 is 0. The maximum atomic E-state index is 12.3. The third kappa shape index (κ3) is 5.29. The van der Waals surface area contributed by atoms with Gasteiger partial charge in [-0.2, -0.15) is 0 Å². The lowest BCUT2D eigenvalue weighted by Gasteiger charge is -2.15. The summed E-state index contributed by atoms with van der Waals surface area (Å²) in [5.74, 6) is -0.592. The van der Waals surface area contributed by atoms with Gasteiger partial charge in [0.25, 0.3) is 0 Å². The third-order valence-electron chi connectivity index (χ3n) is 2.05. The molecule has 0 saturated heterocycles. The Morgan fingerprint density at radius 1 is 1.50 bits per heavy atom. The molecule has 16 heavy (non-hydrogen) atoms. The highest BCUT2D eigenvalue weighted by molar-refractivity contribution is 5.93. The normalized spacial score (nSPS) is 11.6. The fraction of sp³-hybridized carbons (Fsp3) is 0.308. The molecule has 0 atom stereocenters. The van der Waals surface area contributed by atoms with Gasteiger partial charge in [0.1, 0.15) is 5.83 Å². The molecular weight excluding hydrogens is 205 g/mol. The van der Waals surface area contributed by atoms with Gasteiger partial charge in [0, 0.05) is 19.2 Å². The summed E-state index contributed by atoms with van der Waals surface area (Å²) in [7, 11) is 1.72. The molecule has 1 amide bonds. The van der Waals surface area contributed by atoms with Gasteiger partial charge < -0.3 is 4.90 Å². The molecular formula is C13H18FNO. The van der Waals surface area contributed by atoms with Gasteiger partial charge in [-0.15, -0.1) is 0 Å². The van der Waals surface area contributed by atoms with Gasteiger partial charge in [-0.1, -0.05) is 31.4 Å². The predicted molar refractivity (Wildman–Crippen MR) is 65.6 cm³/mol. The predicted octanol–water partition coefficient (Wildman–Crippen LogP) is 3.01. The van der Waals surface area contributed by atoms with E-state index in [1.165, 1.54) is 6.08 Å². The fourth-order valence-electron chi connectivity index (χ4n) is 1.07. The van der Waals surface area contributed by atoms with Crippen LogP contribution in [0, 0.1) is 0 Å². The topological polar surface area (TPSA) is 20.3 Å². The number of rotatable bonds is 6. The van der Waals surface area contributed by atoms with Crippen molar-refractivity contribution in [3.05, 3.63) is 48.9 Å². The van der Waals surface area contributed by atoms with Crippen LogP contribution >= 0.6 is 0 Å². The Bertz CT molecular complexity index is 329. The molecule has 0 saturated carbocycles. The van der Waals surface area contributed by atoms with Crippen LogP contribution in [-0.2, 0) is 4.79 Å². The van der Waals surface area contributed by atoms with Crippen molar-refractivity contribution in [3.63, 3.8) is 0 Å². The zero-order valence-corrected chi connectivity index (χ0v) is 9.87. The molecule has 0 aromatic rings. The van der Waals surface area contributed by atoms with E-state index in [9.17, 15) is 9.18 Å². The quantitative estimate of drug-likeness (QED) is 0.500. The van der Waals surface area contributed by atoms with Crippen LogP contribution in [0.1, 0.15) is 13.3 Å². The van der Waals surface area contributed by atoms with Gasteiger partial charge in [-0.3, -0.25) is 4.79 Å². The Morgan fingerprint density at radius 3 is 2.56 bits per heavy atom. The lowest BCUT2D eigenvalue weighted by molar-refractivity contribution is -0.125. The fourth-order valence-corrected chi connectivity index (χ4v) is 1.07. The molecule has 0 rings (SSSR count). The summed E-state index contributed by atoms with van der Waals surface area (Å²) in [4.78, 5) is 13.4. The van der Waals surface area contributed by atoms with Crippen LogP contribution in [0.15, 0.2) is 48.9 Å². The van der Waals surface area contributed by atoms with Crippen molar-refractivity contribution in [2.75, 3.05) is 13.6 Å². The number of nitrogens with zero attached hydrogens (tertiary/aromatic N) is 1. The maximum Gasteiger partial charge on any atom is 0.249 e. The number of hydrogen-bond acceptors (Lipinski definition) is 1. The number of likely N-dealkylation sites (N-methyl/N-ethyl adjacent to an activating group) is 1. The number of allylic oxidation sites excluding steroid dienone is 5. The minimum atomic E-state index is -0.519. The van der Waals surface area contributed by atoms with Crippen LogP contribution in [0.25, 0.3) is 0 Å². The SMILES string of the molecule is C=C/C=C(\C/C=C\C(=C)F)C(=O)N(C)CC. The number of carbonyl (C=O) groups is 1. The molecule has 0 heterocycles. The monoisotopic (exact) mass is 223 g/mol. The molecule has 0 unspecified atom stereocenters. The minimum absolute atomic E-state index is 0.0727. The maximum absolute atomic E-state index is 12.3. The largest absolute Gasteiger partial charge is 0.342 e. The van der Waals surface area contributed by atoms with E-state index < -0.39 is 5.83 Å². The van der Waals surface area contributed by atoms with Crippen LogP contribution in [0.4, 0.5) is 4.39 Å². The number of carbonyl (C=O) groups excluding carboxylic acids is 1. The van der Waals surface area contributed by atoms with Crippen molar-refractivity contribution >= 4 is 5.91 Å². The first-order valence-corrected chi connectivity index (χ1v) is 5.10. The molecule has 0 radical (unpaired) electrons. The second-order valence-electron chi connectivity index (χ2n) is 3.30. The standard InChI is InChI=1S/C13H18FNO/c1-5-8-12(10-7-9-11(3)14)13(16)15(4)6-2/h5,7-9H,1,3,6,10H2,2,4H3/b9-7-,12-8+. The molecule has 88 valence electrons. The highest BCUT2D eigenvalue weighted by Gasteiger charge is 2.10. The molecule has 0 aromatic heterocycles. The molecule has 0 aliphatic heterocycles. The molecule has 3 heteroatoms. The molecule has 0 aromatic carbocycles. The molecule has 0 spiro atoms. The van der Waals surface area contributed by atoms with Crippen molar-refractivity contribution in [2.24, 2.45) is 0 Å². The first kappa shape index (κ1) is 14.4. The Balaban J connectivity index is 4.63. The van der Waals surface area contributed by atoms with Crippen LogP contribution in [0.2, 0.25) is 0 Å². The smallest absolute Gasteiger partial charge is 0.249 e. The molecule has 0 bridgehead atoms. The highest BCUT2D eigenvalue weighted by Crippen LogP contribution is 2.08. The average molecular weight is 223 g/mol. The van der Waals surface area contributed by atoms with Crippen LogP contribution in [0.3, 0.4) is 0 Å². The first-order valence-electron chi connectivity index (χ1n) is 5.10. The van der Waals surface area contributed by atoms with Crippen molar-refractivity contribution in [1.29, 1.82) is 0 Å². The molecule has 0 aliphatic rings. The van der Waals surface area contributed by atoms with E-state index in [0.717, 1.165) is 0 Å². The minimum Gasteiger partial charge on any atom is -0.342 e. The molecule has 0 N–H and O–H groups in total. The van der Waals surface area contributed by atoms with Crippen molar-refractivity contribution in [3.8, 4) is 0 Å². The summed E-state index contributed by atoms with van der Waals surface area (Å²) < 4.78 is 12.3. The summed E-state index contributed by atoms with van der Waals surface area (Å²) in [6, 6.07) is 0. The van der Waals surface area contributed by atoms with Crippen LogP contribution in [0.5, 0.6) is 0 Å². The third-order valence-corrected chi connectivity index (χ3v) is 2.05. The van der Waals surface area contributed by atoms with E-state index in [4.69, 9.17) is 0 Å². The molecule has 0 fully saturated rings. The van der Waals surface area contributed by atoms with Gasteiger partial charge in [0.2, 0.25) is 5.91 Å². The van der Waals surface area contributed by atoms with Crippen molar-refractivity contribution in [1.82, 2.24) is 4.90 Å². The van der Waals surface area contributed by atoms with Gasteiger partial charge in [-0.05, 0) is 19.4 Å². The van der Waals surface area contributed by atoms with E-state index >= 15 is 0 Å². The zero-order chi connectivity index (χ0) is 12.6. The van der Waals surface area contributed by atoms with Gasteiger partial charge in [0.15, 0.2) is 0 Å². The highest BCUT2D eigenvalue weighted by atomic mass is 19.1. The summed E-state index contributed by atoms with van der Waals surface area (Å²) in [6.07, 6.45) is 6.38. The Labute approximate surface area is 96.4 Å². The molecule has 0 aliphatic carbocycles. The lowest BCUT2D eigenvalue weighted by Crippen LogP contribution is -2.27. The van der Waals surface area contributed by atoms with Crippen LogP contribution in [-0.4, -0.2) is 24.4 Å². The molecule has 2 nitrogen and oxygen atoms in total. The van der Waals surface area contributed by atoms with Gasteiger partial charge >= 0.3 is 0 Å². The Hall–Kier alpha value is -1.64. The summed E-state index contributed by atoms with van der Waals surface area (Å²) in [6.45, 7) is 9.18. The summed E-state index contributed by atoms with van der Waals surface area (Å²) in [5.41, 5.74) is 0.580. The Kier molecular flexibility index (Phi) is 6.84. The number of amides is 1. The van der Waals surface area contributed by atoms with E-state index in [1.807, 2.05) is 6.92 Å². The van der Waals surface area contributed by atoms with Gasteiger partial charge in [-0.25, -0.2) is 4.39 Å². The van der Waals surface area contributed by atoms with E-state index in [1.54, 1.807) is 30.2 Å². The Morgan fingerprint density at radius 2 is 2.12 bits per heavy atom. The van der Waals surface area contributed by atoms with E-state index in [-0.39, 0.29) is 5.91 Å². The van der Waals surface area contributed by atoms with Gasteiger partial charge in [0.05, 0.1) is 0 Å². The summed E-state index contributed by atoms with van der Waals surface area (Å²) in [5, 5.41) is 0. The van der Waals surface area contributed by atoms with Crippen molar-refractivity contribution < 1.29 is 9.18 Å². The lowest BCUT2D eigenvalue weighted by atomic mass is 10.1. The zero-order valence-electron chi connectivity index (χ0n) is 9.87. The van der Waals surface area contributed by atoms with E-state index in [2.05, 4.69) is 13.2 Å². The number of halogens is 1. The average Bonchev–Trinajstić information content (AvgIpc) is 2.25. The van der Waals surface area contributed by atoms with E-state index in [0.29, 0.717) is 18.5 Å². The second-order valence-corrected chi connectivity index (χ2v) is 3.30. The van der Waals surface area contributed by atoms with Crippen molar-refractivity contribution in [2.45, 2.75) is 13.3 Å².